The molecule has 0 bridgehead atoms. The highest BCUT2D eigenvalue weighted by molar-refractivity contribution is 6.32. The molecule has 4 rings (SSSR count). The summed E-state index contributed by atoms with van der Waals surface area (Å²) in [5.74, 6) is 0.225. The SMILES string of the molecule is COc1ccc(-c2oc3cc(C)c(Cl)cc3c(=O)c2OC(=O)C2CCCCC2)cc1. The second kappa shape index (κ2) is 8.52. The second-order valence-corrected chi connectivity index (χ2v) is 8.08. The largest absolute Gasteiger partial charge is 0.497 e. The molecule has 156 valence electrons. The number of rotatable bonds is 4. The van der Waals surface area contributed by atoms with Crippen LogP contribution < -0.4 is 14.9 Å². The standard InChI is InChI=1S/C24H23ClO5/c1-14-12-20-18(13-19(14)25)21(26)23(30-24(27)16-6-4-3-5-7-16)22(29-20)15-8-10-17(28-2)11-9-15/h8-13,16H,3-7H2,1-2H3. The van der Waals surface area contributed by atoms with E-state index >= 15 is 0 Å². The highest BCUT2D eigenvalue weighted by Crippen LogP contribution is 2.35. The molecule has 5 nitrogen and oxygen atoms in total. The van der Waals surface area contributed by atoms with Crippen molar-refractivity contribution in [1.82, 2.24) is 0 Å². The van der Waals surface area contributed by atoms with E-state index in [-0.39, 0.29) is 28.8 Å². The third-order valence-corrected chi connectivity index (χ3v) is 6.03. The minimum atomic E-state index is -0.409. The molecule has 1 aliphatic carbocycles. The van der Waals surface area contributed by atoms with Crippen molar-refractivity contribution in [3.63, 3.8) is 0 Å². The van der Waals surface area contributed by atoms with Crippen molar-refractivity contribution in [3.8, 4) is 22.8 Å². The van der Waals surface area contributed by atoms with Gasteiger partial charge in [-0.05, 0) is 61.7 Å². The number of carbonyl (C=O) groups is 1. The highest BCUT2D eigenvalue weighted by Gasteiger charge is 2.27. The molecule has 6 heteroatoms. The Kier molecular flexibility index (Phi) is 5.82. The van der Waals surface area contributed by atoms with E-state index in [1.54, 1.807) is 43.5 Å². The number of carbonyl (C=O) groups excluding carboxylic acids is 1. The summed E-state index contributed by atoms with van der Waals surface area (Å²) in [7, 11) is 1.58. The van der Waals surface area contributed by atoms with Crippen molar-refractivity contribution in [1.29, 1.82) is 0 Å². The van der Waals surface area contributed by atoms with Crippen LogP contribution in [0.3, 0.4) is 0 Å². The topological polar surface area (TPSA) is 65.7 Å². The zero-order valence-corrected chi connectivity index (χ0v) is 17.8. The maximum absolute atomic E-state index is 13.3. The van der Waals surface area contributed by atoms with Crippen molar-refractivity contribution >= 4 is 28.5 Å². The first kappa shape index (κ1) is 20.5. The number of hydrogen-bond donors (Lipinski definition) is 0. The first-order chi connectivity index (χ1) is 14.5. The van der Waals surface area contributed by atoms with Crippen LogP contribution in [0, 0.1) is 12.8 Å². The minimum Gasteiger partial charge on any atom is -0.497 e. The van der Waals surface area contributed by atoms with Gasteiger partial charge in [-0.15, -0.1) is 0 Å². The molecule has 0 spiro atoms. The van der Waals surface area contributed by atoms with Gasteiger partial charge >= 0.3 is 5.97 Å². The van der Waals surface area contributed by atoms with E-state index in [1.165, 1.54) is 0 Å². The molecular formula is C24H23ClO5. The molecule has 0 aliphatic heterocycles. The van der Waals surface area contributed by atoms with Gasteiger partial charge in [0.1, 0.15) is 11.3 Å². The predicted molar refractivity (Wildman–Crippen MR) is 116 cm³/mol. The monoisotopic (exact) mass is 426 g/mol. The number of esters is 1. The maximum atomic E-state index is 13.3. The average molecular weight is 427 g/mol. The molecule has 1 heterocycles. The zero-order valence-electron chi connectivity index (χ0n) is 17.0. The summed E-state index contributed by atoms with van der Waals surface area (Å²) >= 11 is 6.23. The van der Waals surface area contributed by atoms with E-state index in [0.717, 1.165) is 37.7 Å². The van der Waals surface area contributed by atoms with Gasteiger partial charge < -0.3 is 13.9 Å². The molecule has 1 saturated carbocycles. The molecule has 1 aromatic heterocycles. The van der Waals surface area contributed by atoms with E-state index in [1.807, 2.05) is 6.92 Å². The van der Waals surface area contributed by atoms with Crippen molar-refractivity contribution < 1.29 is 18.7 Å². The van der Waals surface area contributed by atoms with Gasteiger partial charge in [-0.25, -0.2) is 0 Å². The summed E-state index contributed by atoms with van der Waals surface area (Å²) in [6, 6.07) is 10.3. The Balaban J connectivity index is 1.85. The lowest BCUT2D eigenvalue weighted by atomic mass is 9.89. The molecule has 0 unspecified atom stereocenters. The number of fused-ring (bicyclic) bond motifs is 1. The highest BCUT2D eigenvalue weighted by atomic mass is 35.5. The van der Waals surface area contributed by atoms with Crippen LogP contribution in [0.25, 0.3) is 22.3 Å². The van der Waals surface area contributed by atoms with Gasteiger partial charge in [0, 0.05) is 10.6 Å². The molecule has 3 aromatic rings. The van der Waals surface area contributed by atoms with E-state index in [0.29, 0.717) is 21.9 Å². The van der Waals surface area contributed by atoms with Crippen molar-refractivity contribution in [2.24, 2.45) is 5.92 Å². The van der Waals surface area contributed by atoms with Crippen molar-refractivity contribution in [2.45, 2.75) is 39.0 Å². The summed E-state index contributed by atoms with van der Waals surface area (Å²) in [4.78, 5) is 26.1. The Hall–Kier alpha value is -2.79. The lowest BCUT2D eigenvalue weighted by molar-refractivity contribution is -0.140. The molecule has 1 fully saturated rings. The van der Waals surface area contributed by atoms with E-state index in [2.05, 4.69) is 0 Å². The average Bonchev–Trinajstić information content (AvgIpc) is 2.77. The summed E-state index contributed by atoms with van der Waals surface area (Å²) < 4.78 is 17.0. The van der Waals surface area contributed by atoms with Crippen LogP contribution in [0.4, 0.5) is 0 Å². The van der Waals surface area contributed by atoms with Crippen molar-refractivity contribution in [2.75, 3.05) is 7.11 Å². The summed E-state index contributed by atoms with van der Waals surface area (Å²) in [5, 5.41) is 0.742. The Morgan fingerprint density at radius 3 is 2.47 bits per heavy atom. The van der Waals surface area contributed by atoms with Crippen LogP contribution >= 0.6 is 11.6 Å². The molecule has 30 heavy (non-hydrogen) atoms. The Labute approximate surface area is 179 Å². The van der Waals surface area contributed by atoms with Crippen LogP contribution in [-0.2, 0) is 4.79 Å². The van der Waals surface area contributed by atoms with Crippen molar-refractivity contribution in [3.05, 3.63) is 57.2 Å². The molecule has 0 N–H and O–H groups in total. The predicted octanol–water partition coefficient (Wildman–Crippen LogP) is 5.92. The number of aryl methyl sites for hydroxylation is 1. The summed E-state index contributed by atoms with van der Waals surface area (Å²) in [6.45, 7) is 1.84. The molecule has 1 aliphatic rings. The van der Waals surface area contributed by atoms with E-state index in [4.69, 9.17) is 25.5 Å². The maximum Gasteiger partial charge on any atom is 0.314 e. The summed E-state index contributed by atoms with van der Waals surface area (Å²) in [5.41, 5.74) is 1.40. The fourth-order valence-corrected chi connectivity index (χ4v) is 4.01. The third kappa shape index (κ3) is 3.94. The molecule has 2 aromatic carbocycles. The zero-order chi connectivity index (χ0) is 21.3. The second-order valence-electron chi connectivity index (χ2n) is 7.67. The number of benzene rings is 2. The van der Waals surface area contributed by atoms with Gasteiger partial charge in [-0.1, -0.05) is 30.9 Å². The lowest BCUT2D eigenvalue weighted by Gasteiger charge is -2.20. The lowest BCUT2D eigenvalue weighted by Crippen LogP contribution is -2.25. The van der Waals surface area contributed by atoms with E-state index in [9.17, 15) is 9.59 Å². The van der Waals surface area contributed by atoms with Crippen LogP contribution in [0.1, 0.15) is 37.7 Å². The van der Waals surface area contributed by atoms with E-state index < -0.39 is 5.43 Å². The smallest absolute Gasteiger partial charge is 0.314 e. The minimum absolute atomic E-state index is 0.0943. The van der Waals surface area contributed by atoms with Gasteiger partial charge in [-0.3, -0.25) is 9.59 Å². The van der Waals surface area contributed by atoms with Crippen LogP contribution in [-0.4, -0.2) is 13.1 Å². The van der Waals surface area contributed by atoms with Gasteiger partial charge in [-0.2, -0.15) is 0 Å². The molecule has 0 radical (unpaired) electrons. The Bertz CT molecular complexity index is 1140. The van der Waals surface area contributed by atoms with Gasteiger partial charge in [0.25, 0.3) is 0 Å². The summed E-state index contributed by atoms with van der Waals surface area (Å²) in [6.07, 6.45) is 4.66. The molecule has 0 amide bonds. The Morgan fingerprint density at radius 1 is 1.10 bits per heavy atom. The molecular weight excluding hydrogens is 404 g/mol. The number of halogens is 1. The fourth-order valence-electron chi connectivity index (χ4n) is 3.85. The first-order valence-corrected chi connectivity index (χ1v) is 10.5. The van der Waals surface area contributed by atoms with Gasteiger partial charge in [0.05, 0.1) is 18.4 Å². The molecule has 0 saturated heterocycles. The fraction of sp³-hybridized carbons (Fsp3) is 0.333. The van der Waals surface area contributed by atoms with Gasteiger partial charge in [0.2, 0.25) is 11.2 Å². The van der Waals surface area contributed by atoms with Crippen LogP contribution in [0.5, 0.6) is 11.5 Å². The first-order valence-electron chi connectivity index (χ1n) is 10.1. The quantitative estimate of drug-likeness (QED) is 0.485. The van der Waals surface area contributed by atoms with Crippen LogP contribution in [0.2, 0.25) is 5.02 Å². The number of methoxy groups -OCH3 is 1. The Morgan fingerprint density at radius 2 is 1.80 bits per heavy atom. The molecule has 0 atom stereocenters. The van der Waals surface area contributed by atoms with Crippen LogP contribution in [0.15, 0.2) is 45.6 Å². The third-order valence-electron chi connectivity index (χ3n) is 5.62. The number of ether oxygens (including phenoxy) is 2. The van der Waals surface area contributed by atoms with Gasteiger partial charge in [0.15, 0.2) is 5.76 Å². The number of hydrogen-bond acceptors (Lipinski definition) is 5. The normalized spacial score (nSPS) is 14.6.